The summed E-state index contributed by atoms with van der Waals surface area (Å²) in [4.78, 5) is 66.9. The third kappa shape index (κ3) is 8.85. The van der Waals surface area contributed by atoms with E-state index in [2.05, 4.69) is 9.71 Å². The summed E-state index contributed by atoms with van der Waals surface area (Å²) in [7, 11) is -1.50. The van der Waals surface area contributed by atoms with Gasteiger partial charge in [0.15, 0.2) is 5.78 Å². The van der Waals surface area contributed by atoms with Crippen LogP contribution in [-0.2, 0) is 34.1 Å². The number of para-hydroxylation sites is 1. The van der Waals surface area contributed by atoms with Crippen molar-refractivity contribution in [2.75, 3.05) is 20.6 Å². The van der Waals surface area contributed by atoms with Gasteiger partial charge in [-0.05, 0) is 78.4 Å². The second-order valence-electron chi connectivity index (χ2n) is 16.7. The van der Waals surface area contributed by atoms with Gasteiger partial charge in [-0.3, -0.25) is 23.7 Å². The minimum atomic E-state index is -4.13. The van der Waals surface area contributed by atoms with Crippen LogP contribution in [0.1, 0.15) is 98.4 Å². The molecule has 4 heterocycles. The van der Waals surface area contributed by atoms with Gasteiger partial charge in [0.2, 0.25) is 17.7 Å². The molecule has 1 saturated carbocycles. The van der Waals surface area contributed by atoms with E-state index in [0.717, 1.165) is 29.1 Å². The Morgan fingerprint density at radius 3 is 2.59 bits per heavy atom. The molecular weight excluding hydrogens is 741 g/mol. The maximum Gasteiger partial charge on any atom is 0.307 e. The first-order chi connectivity index (χ1) is 26.4. The van der Waals surface area contributed by atoms with Gasteiger partial charge in [-0.25, -0.2) is 9.71 Å². The Kier molecular flexibility index (Phi) is 11.8. The van der Waals surface area contributed by atoms with Gasteiger partial charge in [-0.1, -0.05) is 31.1 Å². The van der Waals surface area contributed by atoms with E-state index >= 15 is 0 Å². The molecule has 1 saturated heterocycles. The molecule has 2 aliphatic heterocycles. The number of carbonyl (C=O) groups is 4. The molecule has 0 spiro atoms. The van der Waals surface area contributed by atoms with E-state index in [0.29, 0.717) is 35.8 Å². The first-order valence-electron chi connectivity index (χ1n) is 19.4. The molecule has 0 radical (unpaired) electrons. The number of allylic oxidation sites excluding steroid dienone is 2. The smallest absolute Gasteiger partial charge is 0.307 e. The van der Waals surface area contributed by atoms with Crippen LogP contribution in [0.4, 0.5) is 0 Å². The fraction of sp³-hybridized carbons (Fsp3) is 0.600. The third-order valence-electron chi connectivity index (χ3n) is 10.8. The zero-order chi connectivity index (χ0) is 40.6. The van der Waals surface area contributed by atoms with Gasteiger partial charge in [0, 0.05) is 38.9 Å². The average Bonchev–Trinajstić information content (AvgIpc) is 3.51. The maximum atomic E-state index is 14.7. The van der Waals surface area contributed by atoms with Gasteiger partial charge >= 0.3 is 16.2 Å². The Bertz CT molecular complexity index is 2090. The van der Waals surface area contributed by atoms with Crippen molar-refractivity contribution < 1.29 is 41.5 Å². The van der Waals surface area contributed by atoms with Gasteiger partial charge < -0.3 is 18.8 Å². The summed E-state index contributed by atoms with van der Waals surface area (Å²) < 4.78 is 48.4. The van der Waals surface area contributed by atoms with Crippen molar-refractivity contribution in [1.29, 1.82) is 0 Å². The van der Waals surface area contributed by atoms with Crippen molar-refractivity contribution in [3.05, 3.63) is 42.8 Å². The number of esters is 1. The standard InChI is InChI=1S/C40H54N6O9S/c1-25(2)46-30-17-13-16-29(35-41-18-19-53-35)34(30)42-38(46)54-28-21-31-32(47)23-40(37(50)43-56(51,52)44(6)7)22-27(40)15-12-10-8-9-11-14-26(36(49)45(31)24-28)20-33(48)55-39(3,4)5/h12-13,15-19,25-28,31H,8-11,14,20-24H2,1-7H3,(H,43,50)/b15-12-/t26-,27+,28-,31+,40-/m1/s1. The SMILES string of the molecule is CC(C)n1c(O[C@@H]2C[C@H]3C(=O)C[C@]4(C(=O)NS(=O)(=O)N(C)C)C[C@@H]4/C=C\CCCCC[C@H](CC(=O)OC(C)(C)C)C(=O)N3C2)nc2c(-c3ncco3)cccc21. The molecule has 0 bridgehead atoms. The van der Waals surface area contributed by atoms with E-state index in [4.69, 9.17) is 18.9 Å². The molecule has 1 aromatic carbocycles. The molecule has 1 N–H and O–H groups in total. The van der Waals surface area contributed by atoms with Crippen LogP contribution in [0.3, 0.4) is 0 Å². The molecular formula is C40H54N6O9S. The van der Waals surface area contributed by atoms with E-state index in [1.165, 1.54) is 25.3 Å². The van der Waals surface area contributed by atoms with E-state index in [1.807, 2.05) is 48.8 Å². The second kappa shape index (κ2) is 16.1. The number of hydrogen-bond acceptors (Lipinski definition) is 11. The molecule has 2 aromatic heterocycles. The summed E-state index contributed by atoms with van der Waals surface area (Å²) in [6.45, 7) is 9.35. The Morgan fingerprint density at radius 2 is 1.91 bits per heavy atom. The number of oxazole rings is 1. The number of ether oxygens (including phenoxy) is 2. The van der Waals surface area contributed by atoms with Crippen LogP contribution < -0.4 is 9.46 Å². The van der Waals surface area contributed by atoms with E-state index in [1.54, 1.807) is 27.0 Å². The van der Waals surface area contributed by atoms with Crippen molar-refractivity contribution in [3.8, 4) is 17.5 Å². The molecule has 3 aromatic rings. The predicted molar refractivity (Wildman–Crippen MR) is 207 cm³/mol. The molecule has 6 rings (SSSR count). The number of imidazole rings is 1. The highest BCUT2D eigenvalue weighted by Crippen LogP contribution is 2.57. The normalized spacial score (nSPS) is 25.7. The highest BCUT2D eigenvalue weighted by Gasteiger charge is 2.61. The van der Waals surface area contributed by atoms with Crippen molar-refractivity contribution in [3.63, 3.8) is 0 Å². The Hall–Kier alpha value is -4.57. The number of Topliss-reactive ketones (excluding diaryl/α,β-unsaturated/α-hetero) is 1. The van der Waals surface area contributed by atoms with Gasteiger partial charge in [0.1, 0.15) is 23.5 Å². The second-order valence-corrected chi connectivity index (χ2v) is 18.6. The number of nitrogens with one attached hydrogen (secondary N) is 1. The van der Waals surface area contributed by atoms with Crippen LogP contribution in [0.5, 0.6) is 6.01 Å². The molecule has 3 aliphatic rings. The van der Waals surface area contributed by atoms with Gasteiger partial charge in [-0.15, -0.1) is 0 Å². The fourth-order valence-corrected chi connectivity index (χ4v) is 8.50. The fourth-order valence-electron chi connectivity index (χ4n) is 7.88. The zero-order valence-corrected chi connectivity index (χ0v) is 34.1. The Labute approximate surface area is 328 Å². The first kappa shape index (κ1) is 41.1. The van der Waals surface area contributed by atoms with Gasteiger partial charge in [0.25, 0.3) is 6.01 Å². The third-order valence-corrected chi connectivity index (χ3v) is 12.2. The number of aromatic nitrogens is 3. The van der Waals surface area contributed by atoms with Crippen molar-refractivity contribution in [2.45, 2.75) is 116 Å². The first-order valence-corrected chi connectivity index (χ1v) is 20.9. The number of ketones is 1. The number of amides is 2. The molecule has 1 aliphatic carbocycles. The number of fused-ring (bicyclic) bond motifs is 3. The van der Waals surface area contributed by atoms with Crippen molar-refractivity contribution in [2.24, 2.45) is 17.3 Å². The summed E-state index contributed by atoms with van der Waals surface area (Å²) in [6.07, 6.45) is 9.67. The number of hydrogen-bond donors (Lipinski definition) is 1. The monoisotopic (exact) mass is 794 g/mol. The van der Waals surface area contributed by atoms with Crippen molar-refractivity contribution >= 4 is 44.8 Å². The summed E-state index contributed by atoms with van der Waals surface area (Å²) in [5.41, 5.74) is 0.0321. The van der Waals surface area contributed by atoms with Crippen LogP contribution >= 0.6 is 0 Å². The predicted octanol–water partition coefficient (Wildman–Crippen LogP) is 5.38. The lowest BCUT2D eigenvalue weighted by Crippen LogP contribution is -2.47. The molecule has 16 heteroatoms. The highest BCUT2D eigenvalue weighted by molar-refractivity contribution is 7.87. The van der Waals surface area contributed by atoms with Crippen LogP contribution in [0.15, 0.2) is 47.2 Å². The van der Waals surface area contributed by atoms with E-state index in [9.17, 15) is 27.6 Å². The van der Waals surface area contributed by atoms with Crippen LogP contribution in [-0.4, -0.2) is 94.1 Å². The van der Waals surface area contributed by atoms with Crippen molar-refractivity contribution in [1.82, 2.24) is 28.5 Å². The van der Waals surface area contributed by atoms with Crippen LogP contribution in [0.2, 0.25) is 0 Å². The maximum absolute atomic E-state index is 14.7. The van der Waals surface area contributed by atoms with E-state index < -0.39 is 51.2 Å². The molecule has 15 nitrogen and oxygen atoms in total. The Balaban J connectivity index is 1.35. The number of nitrogens with zero attached hydrogens (tertiary/aromatic N) is 5. The molecule has 304 valence electrons. The molecule has 2 amide bonds. The molecule has 2 fully saturated rings. The lowest BCUT2D eigenvalue weighted by molar-refractivity contribution is -0.159. The molecule has 0 unspecified atom stereocenters. The topological polar surface area (TPSA) is 183 Å². The minimum Gasteiger partial charge on any atom is -0.460 e. The van der Waals surface area contributed by atoms with Gasteiger partial charge in [0.05, 0.1) is 41.7 Å². The number of benzene rings is 1. The highest BCUT2D eigenvalue weighted by atomic mass is 32.2. The van der Waals surface area contributed by atoms with Crippen LogP contribution in [0, 0.1) is 17.3 Å². The van der Waals surface area contributed by atoms with E-state index in [-0.39, 0.29) is 55.9 Å². The lowest BCUT2D eigenvalue weighted by atomic mass is 9.90. The quantitative estimate of drug-likeness (QED) is 0.217. The van der Waals surface area contributed by atoms with Crippen LogP contribution in [0.25, 0.3) is 22.5 Å². The molecule has 56 heavy (non-hydrogen) atoms. The largest absolute Gasteiger partial charge is 0.460 e. The Morgan fingerprint density at radius 1 is 1.14 bits per heavy atom. The molecule has 5 atom stereocenters. The number of carbonyl (C=O) groups excluding carboxylic acids is 4. The summed E-state index contributed by atoms with van der Waals surface area (Å²) in [5, 5.41) is 0. The minimum absolute atomic E-state index is 0.0332. The summed E-state index contributed by atoms with van der Waals surface area (Å²) >= 11 is 0. The average molecular weight is 795 g/mol. The van der Waals surface area contributed by atoms with Gasteiger partial charge in [-0.2, -0.15) is 17.7 Å². The summed E-state index contributed by atoms with van der Waals surface area (Å²) in [6, 6.07) is 4.88. The summed E-state index contributed by atoms with van der Waals surface area (Å²) in [5.74, 6) is -2.70. The lowest BCUT2D eigenvalue weighted by Gasteiger charge is -2.29. The number of rotatable bonds is 9. The zero-order valence-electron chi connectivity index (χ0n) is 33.3.